The first-order chi connectivity index (χ1) is 8.43. The van der Waals surface area contributed by atoms with Crippen LogP contribution in [0, 0.1) is 0 Å². The number of nitrogen functional groups attached to an aromatic ring is 1. The first-order valence-electron chi connectivity index (χ1n) is 5.96. The molecular formula is C12H17ClN2O2S. The molecular weight excluding hydrogens is 272 g/mol. The fourth-order valence-electron chi connectivity index (χ4n) is 2.35. The van der Waals surface area contributed by atoms with Crippen molar-refractivity contribution in [1.82, 2.24) is 4.31 Å². The van der Waals surface area contributed by atoms with Gasteiger partial charge in [0.05, 0.1) is 5.02 Å². The summed E-state index contributed by atoms with van der Waals surface area (Å²) in [6.45, 7) is 0. The predicted octanol–water partition coefficient (Wildman–Crippen LogP) is 2.49. The molecule has 0 saturated heterocycles. The van der Waals surface area contributed by atoms with Gasteiger partial charge in [0, 0.05) is 18.8 Å². The Morgan fingerprint density at radius 3 is 2.50 bits per heavy atom. The number of nitrogens with two attached hydrogens (primary N) is 1. The number of hydrogen-bond acceptors (Lipinski definition) is 3. The number of rotatable bonds is 3. The molecule has 0 amide bonds. The van der Waals surface area contributed by atoms with Crippen LogP contribution < -0.4 is 5.73 Å². The van der Waals surface area contributed by atoms with Crippen LogP contribution in [-0.2, 0) is 10.0 Å². The Morgan fingerprint density at radius 1 is 1.33 bits per heavy atom. The van der Waals surface area contributed by atoms with Crippen LogP contribution in [-0.4, -0.2) is 25.8 Å². The summed E-state index contributed by atoms with van der Waals surface area (Å²) in [4.78, 5) is 0.132. The third-order valence-corrected chi connectivity index (χ3v) is 5.84. The third kappa shape index (κ3) is 2.48. The molecule has 0 spiro atoms. The van der Waals surface area contributed by atoms with Crippen LogP contribution in [0.1, 0.15) is 25.7 Å². The van der Waals surface area contributed by atoms with E-state index in [9.17, 15) is 8.42 Å². The molecule has 0 unspecified atom stereocenters. The predicted molar refractivity (Wildman–Crippen MR) is 73.1 cm³/mol. The molecule has 1 fully saturated rings. The molecule has 1 aliphatic rings. The summed E-state index contributed by atoms with van der Waals surface area (Å²) in [5.41, 5.74) is 6.04. The van der Waals surface area contributed by atoms with Gasteiger partial charge in [-0.1, -0.05) is 24.4 Å². The number of hydrogen-bond donors (Lipinski definition) is 1. The molecule has 100 valence electrons. The Bertz CT molecular complexity index is 539. The summed E-state index contributed by atoms with van der Waals surface area (Å²) in [6, 6.07) is 4.58. The standard InChI is InChI=1S/C12H17ClN2O2S/c1-15(10-4-2-3-5-10)18(16,17)12-7-6-9(14)8-11(12)13/h6-8,10H,2-5,14H2,1H3. The van der Waals surface area contributed by atoms with Crippen LogP contribution in [0.4, 0.5) is 5.69 Å². The van der Waals surface area contributed by atoms with E-state index < -0.39 is 10.0 Å². The second-order valence-corrected chi connectivity index (χ2v) is 7.02. The van der Waals surface area contributed by atoms with E-state index in [-0.39, 0.29) is 16.0 Å². The van der Waals surface area contributed by atoms with Crippen LogP contribution in [0.3, 0.4) is 0 Å². The Morgan fingerprint density at radius 2 is 1.94 bits per heavy atom. The van der Waals surface area contributed by atoms with E-state index >= 15 is 0 Å². The van der Waals surface area contributed by atoms with Crippen LogP contribution in [0.25, 0.3) is 0 Å². The van der Waals surface area contributed by atoms with Gasteiger partial charge in [-0.15, -0.1) is 0 Å². The van der Waals surface area contributed by atoms with Gasteiger partial charge in [0.1, 0.15) is 4.90 Å². The summed E-state index contributed by atoms with van der Waals surface area (Å²) in [7, 11) is -1.90. The summed E-state index contributed by atoms with van der Waals surface area (Å²) in [5, 5.41) is 0.180. The molecule has 1 aromatic rings. The van der Waals surface area contributed by atoms with E-state index in [0.717, 1.165) is 25.7 Å². The topological polar surface area (TPSA) is 63.4 Å². The van der Waals surface area contributed by atoms with Gasteiger partial charge in [-0.3, -0.25) is 0 Å². The van der Waals surface area contributed by atoms with Crippen molar-refractivity contribution in [2.75, 3.05) is 12.8 Å². The van der Waals surface area contributed by atoms with Gasteiger partial charge < -0.3 is 5.73 Å². The molecule has 1 aliphatic carbocycles. The number of halogens is 1. The maximum Gasteiger partial charge on any atom is 0.244 e. The largest absolute Gasteiger partial charge is 0.399 e. The highest BCUT2D eigenvalue weighted by atomic mass is 35.5. The van der Waals surface area contributed by atoms with Crippen LogP contribution in [0.15, 0.2) is 23.1 Å². The average Bonchev–Trinajstić information content (AvgIpc) is 2.80. The molecule has 4 nitrogen and oxygen atoms in total. The Hall–Kier alpha value is -0.780. The molecule has 2 N–H and O–H groups in total. The highest BCUT2D eigenvalue weighted by Crippen LogP contribution is 2.31. The van der Waals surface area contributed by atoms with E-state index in [4.69, 9.17) is 17.3 Å². The molecule has 0 bridgehead atoms. The Labute approximate surface area is 113 Å². The maximum atomic E-state index is 12.5. The van der Waals surface area contributed by atoms with Gasteiger partial charge in [-0.05, 0) is 31.0 Å². The number of anilines is 1. The van der Waals surface area contributed by atoms with Crippen molar-refractivity contribution in [3.8, 4) is 0 Å². The van der Waals surface area contributed by atoms with Crippen molar-refractivity contribution in [3.05, 3.63) is 23.2 Å². The first kappa shape index (κ1) is 13.6. The van der Waals surface area contributed by atoms with Crippen LogP contribution in [0.5, 0.6) is 0 Å². The normalized spacial score (nSPS) is 17.5. The van der Waals surface area contributed by atoms with Crippen molar-refractivity contribution in [3.63, 3.8) is 0 Å². The molecule has 6 heteroatoms. The molecule has 0 aliphatic heterocycles. The fourth-order valence-corrected chi connectivity index (χ4v) is 4.29. The van der Waals surface area contributed by atoms with Gasteiger partial charge in [0.25, 0.3) is 0 Å². The zero-order chi connectivity index (χ0) is 13.3. The Balaban J connectivity index is 2.35. The SMILES string of the molecule is CN(C1CCCC1)S(=O)(=O)c1ccc(N)cc1Cl. The van der Waals surface area contributed by atoms with E-state index in [1.807, 2.05) is 0 Å². The molecule has 0 atom stereocenters. The number of benzene rings is 1. The Kier molecular flexibility index (Phi) is 3.84. The van der Waals surface area contributed by atoms with Crippen molar-refractivity contribution in [1.29, 1.82) is 0 Å². The zero-order valence-electron chi connectivity index (χ0n) is 10.3. The van der Waals surface area contributed by atoms with Gasteiger partial charge >= 0.3 is 0 Å². The molecule has 1 saturated carbocycles. The van der Waals surface area contributed by atoms with Crippen molar-refractivity contribution in [2.24, 2.45) is 0 Å². The van der Waals surface area contributed by atoms with Crippen LogP contribution in [0.2, 0.25) is 5.02 Å². The van der Waals surface area contributed by atoms with Crippen molar-refractivity contribution in [2.45, 2.75) is 36.6 Å². The lowest BCUT2D eigenvalue weighted by molar-refractivity contribution is 0.373. The van der Waals surface area contributed by atoms with Crippen molar-refractivity contribution >= 4 is 27.3 Å². The molecule has 0 heterocycles. The van der Waals surface area contributed by atoms with E-state index in [0.29, 0.717) is 5.69 Å². The van der Waals surface area contributed by atoms with Crippen LogP contribution >= 0.6 is 11.6 Å². The second-order valence-electron chi connectivity index (χ2n) is 4.65. The summed E-state index contributed by atoms with van der Waals surface area (Å²) >= 11 is 5.98. The zero-order valence-corrected chi connectivity index (χ0v) is 11.8. The minimum Gasteiger partial charge on any atom is -0.399 e. The van der Waals surface area contributed by atoms with Gasteiger partial charge in [0.15, 0.2) is 0 Å². The van der Waals surface area contributed by atoms with E-state index in [2.05, 4.69) is 0 Å². The molecule has 18 heavy (non-hydrogen) atoms. The smallest absolute Gasteiger partial charge is 0.244 e. The van der Waals surface area contributed by atoms with E-state index in [1.165, 1.54) is 16.4 Å². The van der Waals surface area contributed by atoms with Gasteiger partial charge in [0.2, 0.25) is 10.0 Å². The lowest BCUT2D eigenvalue weighted by atomic mass is 10.3. The van der Waals surface area contributed by atoms with E-state index in [1.54, 1.807) is 13.1 Å². The maximum absolute atomic E-state index is 12.5. The minimum absolute atomic E-state index is 0.0867. The second kappa shape index (κ2) is 5.07. The highest BCUT2D eigenvalue weighted by molar-refractivity contribution is 7.89. The lowest BCUT2D eigenvalue weighted by Crippen LogP contribution is -2.35. The third-order valence-electron chi connectivity index (χ3n) is 3.45. The molecule has 0 aromatic heterocycles. The van der Waals surface area contributed by atoms with Gasteiger partial charge in [-0.25, -0.2) is 8.42 Å². The van der Waals surface area contributed by atoms with Crippen molar-refractivity contribution < 1.29 is 8.42 Å². The average molecular weight is 289 g/mol. The fraction of sp³-hybridized carbons (Fsp3) is 0.500. The van der Waals surface area contributed by atoms with Gasteiger partial charge in [-0.2, -0.15) is 4.31 Å². The number of sulfonamides is 1. The quantitative estimate of drug-likeness (QED) is 0.869. The summed E-state index contributed by atoms with van der Waals surface area (Å²) in [6.07, 6.45) is 4.00. The monoisotopic (exact) mass is 288 g/mol. The minimum atomic E-state index is -3.52. The molecule has 2 rings (SSSR count). The molecule has 0 radical (unpaired) electrons. The molecule has 1 aromatic carbocycles. The summed E-state index contributed by atoms with van der Waals surface area (Å²) < 4.78 is 26.3. The highest BCUT2D eigenvalue weighted by Gasteiger charge is 2.31. The number of nitrogens with zero attached hydrogens (tertiary/aromatic N) is 1. The lowest BCUT2D eigenvalue weighted by Gasteiger charge is -2.24. The first-order valence-corrected chi connectivity index (χ1v) is 7.78. The summed E-state index contributed by atoms with van der Waals surface area (Å²) in [5.74, 6) is 0.